The van der Waals surface area contributed by atoms with E-state index in [-0.39, 0.29) is 22.6 Å². The molecule has 4 nitrogen and oxygen atoms in total. The maximum absolute atomic E-state index is 13.0. The van der Waals surface area contributed by atoms with Crippen molar-refractivity contribution in [1.82, 2.24) is 10.9 Å². The molecule has 3 unspecified atom stereocenters. The smallest absolute Gasteiger partial charge is 0.141 e. The molecule has 3 N–H and O–H groups in total. The Labute approximate surface area is 107 Å². The Bertz CT molecular complexity index is 470. The molecule has 1 aromatic rings. The van der Waals surface area contributed by atoms with Crippen LogP contribution >= 0.6 is 23.4 Å². The molecule has 17 heavy (non-hydrogen) atoms. The molecule has 0 saturated carbocycles. The molecular formula is C10H10ClFN4S. The molecule has 1 aromatic carbocycles. The van der Waals surface area contributed by atoms with Crippen molar-refractivity contribution in [2.75, 3.05) is 5.32 Å². The largest absolute Gasteiger partial charge is 0.367 e. The summed E-state index contributed by atoms with van der Waals surface area (Å²) < 4.78 is 13.0. The fourth-order valence-electron chi connectivity index (χ4n) is 1.85. The van der Waals surface area contributed by atoms with Crippen LogP contribution < -0.4 is 16.2 Å². The van der Waals surface area contributed by atoms with Gasteiger partial charge in [0.2, 0.25) is 0 Å². The average Bonchev–Trinajstić information content (AvgIpc) is 2.88. The third-order valence-corrected chi connectivity index (χ3v) is 3.94. The first kappa shape index (κ1) is 11.3. The van der Waals surface area contributed by atoms with Crippen LogP contribution in [-0.2, 0) is 0 Å². The summed E-state index contributed by atoms with van der Waals surface area (Å²) in [6.07, 6.45) is -0.0206. The molecule has 2 heterocycles. The number of hydrogen-bond donors (Lipinski definition) is 3. The Morgan fingerprint density at radius 3 is 3.12 bits per heavy atom. The minimum Gasteiger partial charge on any atom is -0.367 e. The first-order chi connectivity index (χ1) is 8.24. The number of hydrazine groups is 1. The van der Waals surface area contributed by atoms with E-state index in [1.165, 1.54) is 6.07 Å². The minimum absolute atomic E-state index is 0.0206. The second-order valence-corrected chi connectivity index (χ2v) is 5.24. The lowest BCUT2D eigenvalue weighted by Gasteiger charge is -2.17. The summed E-state index contributed by atoms with van der Waals surface area (Å²) in [6, 6.07) is 4.69. The molecule has 7 heteroatoms. The number of thioether (sulfide) groups is 1. The third-order valence-electron chi connectivity index (χ3n) is 2.72. The van der Waals surface area contributed by atoms with Gasteiger partial charge in [0, 0.05) is 5.69 Å². The summed E-state index contributed by atoms with van der Waals surface area (Å²) in [6.45, 7) is 0. The molecule has 0 bridgehead atoms. The van der Waals surface area contributed by atoms with Gasteiger partial charge in [0.25, 0.3) is 0 Å². The van der Waals surface area contributed by atoms with Gasteiger partial charge in [-0.3, -0.25) is 4.99 Å². The van der Waals surface area contributed by atoms with Crippen molar-refractivity contribution in [2.24, 2.45) is 4.99 Å². The highest BCUT2D eigenvalue weighted by atomic mass is 35.5. The van der Waals surface area contributed by atoms with Crippen molar-refractivity contribution in [3.8, 4) is 0 Å². The average molecular weight is 273 g/mol. The summed E-state index contributed by atoms with van der Waals surface area (Å²) in [5.41, 5.74) is 8.85. The molecule has 1 fully saturated rings. The first-order valence-corrected chi connectivity index (χ1v) is 6.46. The zero-order valence-electron chi connectivity index (χ0n) is 8.65. The van der Waals surface area contributed by atoms with Gasteiger partial charge >= 0.3 is 0 Å². The van der Waals surface area contributed by atoms with Gasteiger partial charge in [0.15, 0.2) is 0 Å². The molecule has 3 rings (SSSR count). The van der Waals surface area contributed by atoms with Crippen LogP contribution in [0.5, 0.6) is 0 Å². The second kappa shape index (κ2) is 4.45. The lowest BCUT2D eigenvalue weighted by molar-refractivity contribution is 0.579. The molecule has 3 atom stereocenters. The summed E-state index contributed by atoms with van der Waals surface area (Å²) in [7, 11) is 0. The van der Waals surface area contributed by atoms with E-state index in [4.69, 9.17) is 11.6 Å². The predicted octanol–water partition coefficient (Wildman–Crippen LogP) is 1.79. The van der Waals surface area contributed by atoms with Gasteiger partial charge in [-0.15, -0.1) is 0 Å². The summed E-state index contributed by atoms with van der Waals surface area (Å²) >= 11 is 7.37. The Morgan fingerprint density at radius 2 is 2.29 bits per heavy atom. The van der Waals surface area contributed by atoms with Crippen molar-refractivity contribution < 1.29 is 4.39 Å². The topological polar surface area (TPSA) is 48.4 Å². The third kappa shape index (κ3) is 2.13. The molecular weight excluding hydrogens is 263 g/mol. The Kier molecular flexibility index (Phi) is 2.96. The number of halogens is 2. The number of nitrogens with zero attached hydrogens (tertiary/aromatic N) is 1. The van der Waals surface area contributed by atoms with Crippen LogP contribution in [-0.4, -0.2) is 23.1 Å². The maximum Gasteiger partial charge on any atom is 0.141 e. The molecule has 0 spiro atoms. The molecule has 2 aliphatic heterocycles. The number of nitrogens with one attached hydrogen (secondary N) is 3. The fourth-order valence-corrected chi connectivity index (χ4v) is 2.90. The van der Waals surface area contributed by atoms with E-state index < -0.39 is 5.82 Å². The SMILES string of the molecule is Fc1ccc(NC2NNC3SC=NC23)cc1Cl. The molecule has 0 aromatic heterocycles. The summed E-state index contributed by atoms with van der Waals surface area (Å²) in [4.78, 5) is 4.36. The standard InChI is InChI=1S/C10H10ClFN4S/c11-6-3-5(1-2-7(6)12)14-9-8-10(16-15-9)17-4-13-8/h1-4,8-10,14-16H. The number of anilines is 1. The van der Waals surface area contributed by atoms with Crippen LogP contribution in [0.3, 0.4) is 0 Å². The number of rotatable bonds is 2. The van der Waals surface area contributed by atoms with Gasteiger partial charge in [-0.1, -0.05) is 23.4 Å². The predicted molar refractivity (Wildman–Crippen MR) is 68.8 cm³/mol. The summed E-state index contributed by atoms with van der Waals surface area (Å²) in [5.74, 6) is -0.415. The van der Waals surface area contributed by atoms with Gasteiger partial charge in [-0.25, -0.2) is 15.2 Å². The first-order valence-electron chi connectivity index (χ1n) is 5.14. The number of hydrogen-bond acceptors (Lipinski definition) is 5. The van der Waals surface area contributed by atoms with E-state index in [1.807, 2.05) is 5.55 Å². The van der Waals surface area contributed by atoms with Crippen LogP contribution in [0.25, 0.3) is 0 Å². The molecule has 1 saturated heterocycles. The molecule has 2 aliphatic rings. The maximum atomic E-state index is 13.0. The highest BCUT2D eigenvalue weighted by Gasteiger charge is 2.38. The van der Waals surface area contributed by atoms with E-state index in [2.05, 4.69) is 21.2 Å². The van der Waals surface area contributed by atoms with Crippen LogP contribution in [0.2, 0.25) is 5.02 Å². The van der Waals surface area contributed by atoms with Gasteiger partial charge in [0.05, 0.1) is 15.9 Å². The molecule has 90 valence electrons. The monoisotopic (exact) mass is 272 g/mol. The Balaban J connectivity index is 1.74. The highest BCUT2D eigenvalue weighted by Crippen LogP contribution is 2.27. The number of fused-ring (bicyclic) bond motifs is 1. The highest BCUT2D eigenvalue weighted by molar-refractivity contribution is 8.12. The number of benzene rings is 1. The number of aliphatic imine (C=N–C) groups is 1. The quantitative estimate of drug-likeness (QED) is 0.768. The van der Waals surface area contributed by atoms with Crippen molar-refractivity contribution in [3.63, 3.8) is 0 Å². The van der Waals surface area contributed by atoms with Gasteiger partial charge in [0.1, 0.15) is 18.0 Å². The normalized spacial score (nSPS) is 30.6. The van der Waals surface area contributed by atoms with E-state index in [0.29, 0.717) is 0 Å². The van der Waals surface area contributed by atoms with Crippen molar-refractivity contribution in [2.45, 2.75) is 17.6 Å². The Hall–Kier alpha value is -0.820. The van der Waals surface area contributed by atoms with E-state index in [9.17, 15) is 4.39 Å². The van der Waals surface area contributed by atoms with Crippen molar-refractivity contribution in [1.29, 1.82) is 0 Å². The van der Waals surface area contributed by atoms with Crippen molar-refractivity contribution >= 4 is 34.6 Å². The van der Waals surface area contributed by atoms with Gasteiger partial charge in [-0.05, 0) is 18.2 Å². The zero-order chi connectivity index (χ0) is 11.8. The minimum atomic E-state index is -0.415. The van der Waals surface area contributed by atoms with Crippen LogP contribution in [0, 0.1) is 5.82 Å². The lowest BCUT2D eigenvalue weighted by atomic mass is 10.2. The zero-order valence-corrected chi connectivity index (χ0v) is 10.2. The van der Waals surface area contributed by atoms with Gasteiger partial charge < -0.3 is 5.32 Å². The molecule has 0 amide bonds. The Morgan fingerprint density at radius 1 is 1.41 bits per heavy atom. The van der Waals surface area contributed by atoms with E-state index in [0.717, 1.165) is 5.69 Å². The van der Waals surface area contributed by atoms with E-state index in [1.54, 1.807) is 23.9 Å². The molecule has 0 radical (unpaired) electrons. The second-order valence-electron chi connectivity index (χ2n) is 3.84. The van der Waals surface area contributed by atoms with Crippen LogP contribution in [0.1, 0.15) is 0 Å². The lowest BCUT2D eigenvalue weighted by Crippen LogP contribution is -2.39. The van der Waals surface area contributed by atoms with Crippen LogP contribution in [0.4, 0.5) is 10.1 Å². The van der Waals surface area contributed by atoms with Crippen molar-refractivity contribution in [3.05, 3.63) is 29.0 Å². The fraction of sp³-hybridized carbons (Fsp3) is 0.300. The van der Waals surface area contributed by atoms with Crippen LogP contribution in [0.15, 0.2) is 23.2 Å². The molecule has 0 aliphatic carbocycles. The van der Waals surface area contributed by atoms with Gasteiger partial charge in [-0.2, -0.15) is 0 Å². The summed E-state index contributed by atoms with van der Waals surface area (Å²) in [5, 5.41) is 3.59. The van der Waals surface area contributed by atoms with E-state index >= 15 is 0 Å².